The molecule has 2 N–H and O–H groups in total. The van der Waals surface area contributed by atoms with Gasteiger partial charge in [0.25, 0.3) is 0 Å². The number of para-hydroxylation sites is 1. The van der Waals surface area contributed by atoms with Gasteiger partial charge in [-0.25, -0.2) is 4.79 Å². The summed E-state index contributed by atoms with van der Waals surface area (Å²) in [5, 5.41) is 13.1. The van der Waals surface area contributed by atoms with Gasteiger partial charge in [-0.15, -0.1) is 0 Å². The summed E-state index contributed by atoms with van der Waals surface area (Å²) < 4.78 is 0. The van der Waals surface area contributed by atoms with E-state index in [1.807, 2.05) is 31.2 Å². The van der Waals surface area contributed by atoms with E-state index in [4.69, 9.17) is 0 Å². The molecular formula is C15H20N2O2. The zero-order chi connectivity index (χ0) is 13.5. The van der Waals surface area contributed by atoms with Crippen LogP contribution in [-0.2, 0) is 4.79 Å². The number of carboxylic acids is 1. The Morgan fingerprint density at radius 3 is 2.95 bits per heavy atom. The van der Waals surface area contributed by atoms with E-state index in [-0.39, 0.29) is 6.04 Å². The predicted octanol–water partition coefficient (Wildman–Crippen LogP) is 2.10. The highest BCUT2D eigenvalue weighted by Crippen LogP contribution is 2.39. The lowest BCUT2D eigenvalue weighted by Gasteiger charge is -2.33. The normalized spacial score (nSPS) is 30.3. The van der Waals surface area contributed by atoms with E-state index < -0.39 is 11.5 Å². The van der Waals surface area contributed by atoms with Crippen LogP contribution in [0.15, 0.2) is 24.3 Å². The lowest BCUT2D eigenvalue weighted by atomic mass is 9.88. The van der Waals surface area contributed by atoms with Crippen molar-refractivity contribution in [2.24, 2.45) is 0 Å². The molecule has 1 aromatic rings. The van der Waals surface area contributed by atoms with E-state index in [0.717, 1.165) is 37.2 Å². The van der Waals surface area contributed by atoms with Crippen molar-refractivity contribution in [2.75, 3.05) is 18.4 Å². The monoisotopic (exact) mass is 260 g/mol. The van der Waals surface area contributed by atoms with Gasteiger partial charge in [-0.05, 0) is 44.4 Å². The van der Waals surface area contributed by atoms with Crippen molar-refractivity contribution >= 4 is 11.7 Å². The smallest absolute Gasteiger partial charge is 0.331 e. The van der Waals surface area contributed by atoms with E-state index in [1.54, 1.807) is 0 Å². The minimum Gasteiger partial charge on any atom is -0.479 e. The molecule has 0 amide bonds. The summed E-state index contributed by atoms with van der Waals surface area (Å²) in [6, 6.07) is 8.04. The summed E-state index contributed by atoms with van der Waals surface area (Å²) in [6.45, 7) is 3.93. The Balaban J connectivity index is 1.94. The summed E-state index contributed by atoms with van der Waals surface area (Å²) >= 11 is 0. The summed E-state index contributed by atoms with van der Waals surface area (Å²) in [6.07, 6.45) is 2.77. The predicted molar refractivity (Wildman–Crippen MR) is 74.4 cm³/mol. The molecule has 2 atom stereocenters. The van der Waals surface area contributed by atoms with Crippen LogP contribution in [0.2, 0.25) is 0 Å². The third-order valence-corrected chi connectivity index (χ3v) is 4.61. The molecule has 0 aromatic heterocycles. The lowest BCUT2D eigenvalue weighted by Crippen LogP contribution is -2.54. The fraction of sp³-hybridized carbons (Fsp3) is 0.533. The molecule has 3 rings (SSSR count). The highest BCUT2D eigenvalue weighted by molar-refractivity contribution is 5.85. The number of hydrogen-bond donors (Lipinski definition) is 2. The maximum Gasteiger partial charge on any atom is 0.331 e. The minimum absolute atomic E-state index is 0.129. The van der Waals surface area contributed by atoms with Crippen molar-refractivity contribution in [1.29, 1.82) is 0 Å². The average Bonchev–Trinajstić information content (AvgIpc) is 2.96. The second-order valence-electron chi connectivity index (χ2n) is 5.66. The molecule has 0 spiro atoms. The van der Waals surface area contributed by atoms with Crippen LogP contribution in [0.5, 0.6) is 0 Å². The standard InChI is InChI=1S/C15H20N2O2/c1-11-5-2-3-6-12(11)16-15(14(18)19)8-10-17-9-4-7-13(15)17/h2-3,5-6,13,16H,4,7-10H2,1H3,(H,18,19). The van der Waals surface area contributed by atoms with Crippen LogP contribution < -0.4 is 5.32 Å². The summed E-state index contributed by atoms with van der Waals surface area (Å²) in [7, 11) is 0. The van der Waals surface area contributed by atoms with Crippen LogP contribution in [0.25, 0.3) is 0 Å². The topological polar surface area (TPSA) is 52.6 Å². The molecule has 4 nitrogen and oxygen atoms in total. The Morgan fingerprint density at radius 2 is 2.21 bits per heavy atom. The molecule has 0 saturated carbocycles. The van der Waals surface area contributed by atoms with Crippen LogP contribution in [0.4, 0.5) is 5.69 Å². The number of aryl methyl sites for hydroxylation is 1. The van der Waals surface area contributed by atoms with Gasteiger partial charge in [-0.3, -0.25) is 4.90 Å². The first-order valence-corrected chi connectivity index (χ1v) is 6.95. The number of nitrogens with zero attached hydrogens (tertiary/aromatic N) is 1. The van der Waals surface area contributed by atoms with Gasteiger partial charge in [-0.1, -0.05) is 18.2 Å². The molecule has 4 heteroatoms. The average molecular weight is 260 g/mol. The number of nitrogens with one attached hydrogen (secondary N) is 1. The molecular weight excluding hydrogens is 240 g/mol. The fourth-order valence-electron chi connectivity index (χ4n) is 3.54. The van der Waals surface area contributed by atoms with E-state index in [1.165, 1.54) is 0 Å². The van der Waals surface area contributed by atoms with Crippen LogP contribution in [0.3, 0.4) is 0 Å². The molecule has 2 fully saturated rings. The van der Waals surface area contributed by atoms with Crippen LogP contribution >= 0.6 is 0 Å². The van der Waals surface area contributed by atoms with Crippen molar-refractivity contribution in [2.45, 2.75) is 37.8 Å². The summed E-state index contributed by atoms with van der Waals surface area (Å²) in [5.74, 6) is -0.717. The third kappa shape index (κ3) is 1.91. The van der Waals surface area contributed by atoms with Crippen LogP contribution in [0, 0.1) is 6.92 Å². The minimum atomic E-state index is -0.817. The zero-order valence-electron chi connectivity index (χ0n) is 11.2. The Kier molecular flexibility index (Phi) is 2.97. The number of aliphatic carboxylic acids is 1. The number of anilines is 1. The zero-order valence-corrected chi connectivity index (χ0v) is 11.2. The van der Waals surface area contributed by atoms with Gasteiger partial charge in [0.1, 0.15) is 0 Å². The molecule has 2 unspecified atom stereocenters. The molecule has 0 bridgehead atoms. The van der Waals surface area contributed by atoms with Crippen molar-refractivity contribution in [3.63, 3.8) is 0 Å². The van der Waals surface area contributed by atoms with E-state index in [0.29, 0.717) is 6.42 Å². The second-order valence-corrected chi connectivity index (χ2v) is 5.66. The number of carbonyl (C=O) groups is 1. The van der Waals surface area contributed by atoms with E-state index in [2.05, 4.69) is 10.2 Å². The first-order chi connectivity index (χ1) is 9.13. The summed E-state index contributed by atoms with van der Waals surface area (Å²) in [4.78, 5) is 14.2. The Hall–Kier alpha value is -1.55. The van der Waals surface area contributed by atoms with Crippen molar-refractivity contribution in [3.05, 3.63) is 29.8 Å². The van der Waals surface area contributed by atoms with Gasteiger partial charge in [0.15, 0.2) is 5.54 Å². The van der Waals surface area contributed by atoms with Crippen LogP contribution in [0.1, 0.15) is 24.8 Å². The lowest BCUT2D eigenvalue weighted by molar-refractivity contribution is -0.143. The van der Waals surface area contributed by atoms with Crippen molar-refractivity contribution < 1.29 is 9.90 Å². The number of carboxylic acid groups (broad SMARTS) is 1. The quantitative estimate of drug-likeness (QED) is 0.874. The van der Waals surface area contributed by atoms with Gasteiger partial charge in [0.05, 0.1) is 0 Å². The largest absolute Gasteiger partial charge is 0.479 e. The van der Waals surface area contributed by atoms with Gasteiger partial charge >= 0.3 is 5.97 Å². The Labute approximate surface area is 113 Å². The highest BCUT2D eigenvalue weighted by Gasteiger charge is 2.54. The Bertz CT molecular complexity index is 503. The molecule has 2 aliphatic heterocycles. The fourth-order valence-corrected chi connectivity index (χ4v) is 3.54. The maximum absolute atomic E-state index is 11.9. The third-order valence-electron chi connectivity index (χ3n) is 4.61. The molecule has 2 aliphatic rings. The second kappa shape index (κ2) is 4.53. The molecule has 102 valence electrons. The highest BCUT2D eigenvalue weighted by atomic mass is 16.4. The van der Waals surface area contributed by atoms with Crippen molar-refractivity contribution in [1.82, 2.24) is 4.90 Å². The van der Waals surface area contributed by atoms with Gasteiger partial charge in [0, 0.05) is 18.3 Å². The van der Waals surface area contributed by atoms with Gasteiger partial charge in [-0.2, -0.15) is 0 Å². The van der Waals surface area contributed by atoms with Gasteiger partial charge < -0.3 is 10.4 Å². The molecule has 2 heterocycles. The van der Waals surface area contributed by atoms with E-state index in [9.17, 15) is 9.90 Å². The summed E-state index contributed by atoms with van der Waals surface area (Å²) in [5.41, 5.74) is 1.22. The first-order valence-electron chi connectivity index (χ1n) is 6.95. The maximum atomic E-state index is 11.9. The van der Waals surface area contributed by atoms with Crippen LogP contribution in [-0.4, -0.2) is 40.6 Å². The number of fused-ring (bicyclic) bond motifs is 1. The van der Waals surface area contributed by atoms with Crippen molar-refractivity contribution in [3.8, 4) is 0 Å². The number of rotatable bonds is 3. The number of hydrogen-bond acceptors (Lipinski definition) is 3. The Morgan fingerprint density at radius 1 is 1.42 bits per heavy atom. The first kappa shape index (κ1) is 12.5. The number of benzene rings is 1. The molecule has 19 heavy (non-hydrogen) atoms. The SMILES string of the molecule is Cc1ccccc1NC1(C(=O)O)CCN2CCCC21. The van der Waals surface area contributed by atoms with Gasteiger partial charge in [0.2, 0.25) is 0 Å². The molecule has 0 aliphatic carbocycles. The molecule has 2 saturated heterocycles. The molecule has 0 radical (unpaired) electrons. The van der Waals surface area contributed by atoms with E-state index >= 15 is 0 Å². The molecule has 1 aromatic carbocycles.